The number of rotatable bonds is 5. The van der Waals surface area contributed by atoms with Gasteiger partial charge in [0.15, 0.2) is 5.84 Å². The van der Waals surface area contributed by atoms with E-state index in [2.05, 4.69) is 10.5 Å². The second kappa shape index (κ2) is 6.03. The van der Waals surface area contributed by atoms with E-state index in [1.54, 1.807) is 36.3 Å². The molecule has 0 spiro atoms. The Morgan fingerprint density at radius 2 is 2.10 bits per heavy atom. The lowest BCUT2D eigenvalue weighted by atomic mass is 10.2. The number of nitriles is 1. The van der Waals surface area contributed by atoms with Gasteiger partial charge in [-0.15, -0.1) is 4.40 Å². The third kappa shape index (κ3) is 2.81. The number of amidine groups is 1. The van der Waals surface area contributed by atoms with Gasteiger partial charge >= 0.3 is 0 Å². The van der Waals surface area contributed by atoms with Crippen LogP contribution in [0.5, 0.6) is 0 Å². The largest absolute Gasteiger partial charge is 0.383 e. The van der Waals surface area contributed by atoms with Gasteiger partial charge in [0.1, 0.15) is 4.90 Å². The van der Waals surface area contributed by atoms with Crippen molar-refractivity contribution in [1.82, 2.24) is 4.90 Å². The molecule has 0 atom stereocenters. The topological polar surface area (TPSA) is 82.8 Å². The average Bonchev–Trinajstić information content (AvgIpc) is 2.72. The molecular formula is C13H15N3O3S. The van der Waals surface area contributed by atoms with Crippen LogP contribution in [-0.2, 0) is 14.8 Å². The fraction of sp³-hybridized carbons (Fsp3) is 0.385. The van der Waals surface area contributed by atoms with Crippen molar-refractivity contribution in [3.63, 3.8) is 0 Å². The van der Waals surface area contributed by atoms with Crippen LogP contribution in [0.2, 0.25) is 0 Å². The summed E-state index contributed by atoms with van der Waals surface area (Å²) in [5.74, 6) is 0.396. The molecule has 1 aromatic carbocycles. The van der Waals surface area contributed by atoms with Crippen molar-refractivity contribution in [2.75, 3.05) is 26.8 Å². The Balaban J connectivity index is 2.36. The molecule has 2 rings (SSSR count). The molecule has 0 N–H and O–H groups in total. The molecular weight excluding hydrogens is 278 g/mol. The Kier molecular flexibility index (Phi) is 4.37. The summed E-state index contributed by atoms with van der Waals surface area (Å²) in [4.78, 5) is 1.99. The zero-order valence-corrected chi connectivity index (χ0v) is 11.9. The molecule has 0 fully saturated rings. The van der Waals surface area contributed by atoms with Crippen molar-refractivity contribution in [1.29, 1.82) is 5.26 Å². The van der Waals surface area contributed by atoms with Crippen LogP contribution in [0.3, 0.4) is 0 Å². The normalized spacial score (nSPS) is 15.3. The molecule has 1 aliphatic rings. The van der Waals surface area contributed by atoms with E-state index in [-0.39, 0.29) is 4.90 Å². The van der Waals surface area contributed by atoms with Crippen LogP contribution in [0.1, 0.15) is 12.0 Å². The minimum atomic E-state index is -3.63. The minimum absolute atomic E-state index is 0.217. The van der Waals surface area contributed by atoms with E-state index in [1.165, 1.54) is 0 Å². The van der Waals surface area contributed by atoms with Crippen molar-refractivity contribution in [3.05, 3.63) is 29.8 Å². The molecule has 7 heteroatoms. The molecule has 0 aromatic heterocycles. The lowest BCUT2D eigenvalue weighted by Gasteiger charge is -2.22. The maximum absolute atomic E-state index is 12.0. The zero-order chi connectivity index (χ0) is 14.6. The lowest BCUT2D eigenvalue weighted by molar-refractivity contribution is 0.177. The summed E-state index contributed by atoms with van der Waals surface area (Å²) in [5.41, 5.74) is 0.585. The summed E-state index contributed by atoms with van der Waals surface area (Å²) in [5, 5.41) is 8.72. The molecule has 0 unspecified atom stereocenters. The fourth-order valence-electron chi connectivity index (χ4n) is 2.03. The molecule has 0 amide bonds. The number of hydrogen-bond donors (Lipinski definition) is 0. The highest BCUT2D eigenvalue weighted by Crippen LogP contribution is 2.27. The quantitative estimate of drug-likeness (QED) is 0.808. The Hall–Kier alpha value is -1.91. The van der Waals surface area contributed by atoms with Crippen molar-refractivity contribution in [2.45, 2.75) is 11.3 Å². The van der Waals surface area contributed by atoms with Gasteiger partial charge in [0.05, 0.1) is 19.1 Å². The zero-order valence-electron chi connectivity index (χ0n) is 11.1. The van der Waals surface area contributed by atoms with Gasteiger partial charge < -0.3 is 9.64 Å². The van der Waals surface area contributed by atoms with E-state index in [0.717, 1.165) is 0 Å². The van der Waals surface area contributed by atoms with Gasteiger partial charge in [0.25, 0.3) is 10.0 Å². The maximum Gasteiger partial charge on any atom is 0.285 e. The lowest BCUT2D eigenvalue weighted by Crippen LogP contribution is -2.34. The molecule has 106 valence electrons. The molecule has 0 radical (unpaired) electrons. The molecule has 0 saturated heterocycles. The maximum atomic E-state index is 12.0. The molecule has 1 aliphatic heterocycles. The summed E-state index contributed by atoms with van der Waals surface area (Å²) < 4.78 is 32.9. The first-order valence-corrected chi connectivity index (χ1v) is 7.59. The fourth-order valence-corrected chi connectivity index (χ4v) is 3.25. The van der Waals surface area contributed by atoms with Gasteiger partial charge in [0, 0.05) is 25.8 Å². The van der Waals surface area contributed by atoms with E-state index in [9.17, 15) is 8.42 Å². The predicted octanol–water partition coefficient (Wildman–Crippen LogP) is 0.998. The van der Waals surface area contributed by atoms with Crippen LogP contribution in [0.15, 0.2) is 33.6 Å². The van der Waals surface area contributed by atoms with Gasteiger partial charge in [0.2, 0.25) is 0 Å². The first kappa shape index (κ1) is 14.5. The van der Waals surface area contributed by atoms with Crippen molar-refractivity contribution in [3.8, 4) is 6.07 Å². The number of nitrogens with zero attached hydrogens (tertiary/aromatic N) is 3. The number of ether oxygens (including phenoxy) is 1. The van der Waals surface area contributed by atoms with Crippen LogP contribution >= 0.6 is 0 Å². The minimum Gasteiger partial charge on any atom is -0.383 e. The van der Waals surface area contributed by atoms with Crippen LogP contribution in [0, 0.1) is 11.3 Å². The number of benzene rings is 1. The van der Waals surface area contributed by atoms with Gasteiger partial charge in [-0.2, -0.15) is 13.7 Å². The summed E-state index contributed by atoms with van der Waals surface area (Å²) in [6.45, 7) is 1.34. The smallest absolute Gasteiger partial charge is 0.285 e. The van der Waals surface area contributed by atoms with Crippen LogP contribution in [-0.4, -0.2) is 46.0 Å². The number of fused-ring (bicyclic) bond motifs is 1. The van der Waals surface area contributed by atoms with Gasteiger partial charge in [-0.1, -0.05) is 12.1 Å². The van der Waals surface area contributed by atoms with Gasteiger partial charge in [-0.05, 0) is 12.1 Å². The molecule has 0 bridgehead atoms. The van der Waals surface area contributed by atoms with E-state index >= 15 is 0 Å². The van der Waals surface area contributed by atoms with Crippen molar-refractivity contribution < 1.29 is 13.2 Å². The van der Waals surface area contributed by atoms with E-state index in [4.69, 9.17) is 10.00 Å². The SMILES string of the molecule is COCCN(CCC#N)C1=NS(=O)(=O)c2ccccc21. The molecule has 0 saturated carbocycles. The third-order valence-corrected chi connectivity index (χ3v) is 4.30. The summed E-state index contributed by atoms with van der Waals surface area (Å²) in [7, 11) is -2.05. The highest BCUT2D eigenvalue weighted by atomic mass is 32.2. The molecule has 1 heterocycles. The van der Waals surface area contributed by atoms with Gasteiger partial charge in [-0.25, -0.2) is 0 Å². The van der Waals surface area contributed by atoms with Crippen LogP contribution in [0.4, 0.5) is 0 Å². The van der Waals surface area contributed by atoms with E-state index in [0.29, 0.717) is 37.5 Å². The summed E-state index contributed by atoms with van der Waals surface area (Å²) in [6.07, 6.45) is 0.297. The van der Waals surface area contributed by atoms with E-state index in [1.807, 2.05) is 0 Å². The highest BCUT2D eigenvalue weighted by molar-refractivity contribution is 7.90. The molecule has 0 aliphatic carbocycles. The van der Waals surface area contributed by atoms with Crippen molar-refractivity contribution >= 4 is 15.9 Å². The first-order valence-electron chi connectivity index (χ1n) is 6.15. The van der Waals surface area contributed by atoms with E-state index < -0.39 is 10.0 Å². The summed E-state index contributed by atoms with van der Waals surface area (Å²) in [6, 6.07) is 8.77. The second-order valence-electron chi connectivity index (χ2n) is 4.27. The number of sulfonamides is 1. The second-order valence-corrected chi connectivity index (χ2v) is 5.85. The molecule has 1 aromatic rings. The highest BCUT2D eigenvalue weighted by Gasteiger charge is 2.31. The number of methoxy groups -OCH3 is 1. The first-order chi connectivity index (χ1) is 9.60. The average molecular weight is 293 g/mol. The standard InChI is InChI=1S/C13H15N3O3S/c1-19-10-9-16(8-4-7-14)13-11-5-2-3-6-12(11)20(17,18)15-13/h2-3,5-6H,4,8-10H2,1H3. The summed E-state index contributed by atoms with van der Waals surface area (Å²) >= 11 is 0. The molecule has 20 heavy (non-hydrogen) atoms. The van der Waals surface area contributed by atoms with Crippen LogP contribution < -0.4 is 0 Å². The van der Waals surface area contributed by atoms with Gasteiger partial charge in [-0.3, -0.25) is 0 Å². The Morgan fingerprint density at radius 1 is 1.35 bits per heavy atom. The predicted molar refractivity (Wildman–Crippen MR) is 73.8 cm³/mol. The Morgan fingerprint density at radius 3 is 2.80 bits per heavy atom. The van der Waals surface area contributed by atoms with Crippen molar-refractivity contribution in [2.24, 2.45) is 4.40 Å². The molecule has 6 nitrogen and oxygen atoms in total. The Bertz CT molecular complexity index is 662. The number of hydrogen-bond acceptors (Lipinski definition) is 5. The van der Waals surface area contributed by atoms with Crippen LogP contribution in [0.25, 0.3) is 0 Å². The monoisotopic (exact) mass is 293 g/mol. The Labute approximate surface area is 118 Å². The third-order valence-electron chi connectivity index (χ3n) is 2.97.